The highest BCUT2D eigenvalue weighted by Gasteiger charge is 2.06. The average molecular weight is 327 g/mol. The molecule has 0 atom stereocenters. The van der Waals surface area contributed by atoms with Crippen molar-refractivity contribution in [3.63, 3.8) is 0 Å². The zero-order valence-corrected chi connectivity index (χ0v) is 15.1. The highest BCUT2D eigenvalue weighted by Crippen LogP contribution is 2.28. The second-order valence-corrected chi connectivity index (χ2v) is 6.13. The monoisotopic (exact) mass is 327 g/mol. The molecule has 1 N–H and O–H groups in total. The van der Waals surface area contributed by atoms with E-state index in [-0.39, 0.29) is 0 Å². The number of hydrogen-bond acceptors (Lipinski definition) is 3. The number of benzene rings is 2. The number of nitrogens with one attached hydrogen (secondary N) is 1. The lowest BCUT2D eigenvalue weighted by molar-refractivity contribution is 0.286. The van der Waals surface area contributed by atoms with E-state index >= 15 is 0 Å². The molecule has 0 heterocycles. The third-order valence-electron chi connectivity index (χ3n) is 4.01. The number of methoxy groups -OCH3 is 1. The molecule has 0 amide bonds. The lowest BCUT2D eigenvalue weighted by Gasteiger charge is -2.12. The van der Waals surface area contributed by atoms with E-state index in [0.717, 1.165) is 37.6 Å². The maximum atomic E-state index is 5.82. The molecule has 0 aliphatic heterocycles. The van der Waals surface area contributed by atoms with E-state index in [1.807, 2.05) is 6.07 Å². The van der Waals surface area contributed by atoms with Crippen molar-refractivity contribution in [3.8, 4) is 11.5 Å². The molecular weight excluding hydrogens is 298 g/mol. The molecule has 2 aromatic carbocycles. The number of ether oxygens (including phenoxy) is 2. The van der Waals surface area contributed by atoms with Gasteiger partial charge in [0.1, 0.15) is 0 Å². The fraction of sp³-hybridized carbons (Fsp3) is 0.429. The van der Waals surface area contributed by atoms with Gasteiger partial charge in [0.2, 0.25) is 0 Å². The molecule has 0 saturated carbocycles. The normalized spacial score (nSPS) is 10.6. The Morgan fingerprint density at radius 2 is 1.58 bits per heavy atom. The van der Waals surface area contributed by atoms with Crippen LogP contribution < -0.4 is 14.8 Å². The van der Waals surface area contributed by atoms with Crippen LogP contribution in [0.15, 0.2) is 42.5 Å². The Balaban J connectivity index is 1.85. The summed E-state index contributed by atoms with van der Waals surface area (Å²) in [5.74, 6) is 1.64. The summed E-state index contributed by atoms with van der Waals surface area (Å²) in [6.07, 6.45) is 3.48. The van der Waals surface area contributed by atoms with Crippen LogP contribution in [-0.4, -0.2) is 13.7 Å². The molecule has 3 nitrogen and oxygen atoms in total. The fourth-order valence-corrected chi connectivity index (χ4v) is 2.53. The van der Waals surface area contributed by atoms with Crippen LogP contribution in [0.4, 0.5) is 0 Å². The average Bonchev–Trinajstić information content (AvgIpc) is 2.61. The molecule has 0 aliphatic rings. The van der Waals surface area contributed by atoms with Gasteiger partial charge in [-0.05, 0) is 36.6 Å². The smallest absolute Gasteiger partial charge is 0.161 e. The second kappa shape index (κ2) is 9.99. The van der Waals surface area contributed by atoms with E-state index in [1.54, 1.807) is 7.11 Å². The standard InChI is InChI=1S/C21H29NO2/c1-4-5-6-13-24-20-12-11-19(14-21(20)23-3)16-22-15-18-9-7-17(2)8-10-18/h7-12,14,22H,4-6,13,15-16H2,1-3H3. The van der Waals surface area contributed by atoms with Gasteiger partial charge in [0.15, 0.2) is 11.5 Å². The summed E-state index contributed by atoms with van der Waals surface area (Å²) >= 11 is 0. The van der Waals surface area contributed by atoms with Crippen molar-refractivity contribution in [1.82, 2.24) is 5.32 Å². The third kappa shape index (κ3) is 5.89. The Kier molecular flexibility index (Phi) is 7.63. The van der Waals surface area contributed by atoms with E-state index in [0.29, 0.717) is 0 Å². The van der Waals surface area contributed by atoms with Gasteiger partial charge in [-0.15, -0.1) is 0 Å². The van der Waals surface area contributed by atoms with Crippen molar-refractivity contribution in [2.45, 2.75) is 46.2 Å². The zero-order chi connectivity index (χ0) is 17.2. The minimum atomic E-state index is 0.745. The molecule has 0 fully saturated rings. The maximum Gasteiger partial charge on any atom is 0.161 e. The Labute approximate surface area is 146 Å². The Morgan fingerprint density at radius 1 is 0.875 bits per heavy atom. The Bertz CT molecular complexity index is 608. The molecule has 0 aromatic heterocycles. The molecule has 0 spiro atoms. The minimum absolute atomic E-state index is 0.745. The van der Waals surface area contributed by atoms with Gasteiger partial charge in [-0.2, -0.15) is 0 Å². The lowest BCUT2D eigenvalue weighted by Crippen LogP contribution is -2.12. The maximum absolute atomic E-state index is 5.82. The summed E-state index contributed by atoms with van der Waals surface area (Å²) < 4.78 is 11.3. The van der Waals surface area contributed by atoms with Crippen molar-refractivity contribution in [1.29, 1.82) is 0 Å². The summed E-state index contributed by atoms with van der Waals surface area (Å²) in [5, 5.41) is 3.47. The molecule has 0 radical (unpaired) electrons. The molecule has 2 rings (SSSR count). The largest absolute Gasteiger partial charge is 0.493 e. The van der Waals surface area contributed by atoms with Crippen LogP contribution >= 0.6 is 0 Å². The summed E-state index contributed by atoms with van der Waals surface area (Å²) in [7, 11) is 1.69. The van der Waals surface area contributed by atoms with Gasteiger partial charge < -0.3 is 14.8 Å². The molecule has 3 heteroatoms. The fourth-order valence-electron chi connectivity index (χ4n) is 2.53. The van der Waals surface area contributed by atoms with Gasteiger partial charge in [-0.1, -0.05) is 55.7 Å². The SMILES string of the molecule is CCCCCOc1ccc(CNCc2ccc(C)cc2)cc1OC. The van der Waals surface area contributed by atoms with Crippen molar-refractivity contribution >= 4 is 0 Å². The number of rotatable bonds is 10. The summed E-state index contributed by atoms with van der Waals surface area (Å²) in [6, 6.07) is 14.8. The Morgan fingerprint density at radius 3 is 2.29 bits per heavy atom. The molecule has 0 unspecified atom stereocenters. The molecule has 0 saturated heterocycles. The van der Waals surface area contributed by atoms with Gasteiger partial charge >= 0.3 is 0 Å². The van der Waals surface area contributed by atoms with Crippen LogP contribution in [0, 0.1) is 6.92 Å². The first-order valence-corrected chi connectivity index (χ1v) is 8.79. The quantitative estimate of drug-likeness (QED) is 0.632. The predicted octanol–water partition coefficient (Wildman–Crippen LogP) is 4.86. The molecular formula is C21H29NO2. The van der Waals surface area contributed by atoms with E-state index in [4.69, 9.17) is 9.47 Å². The first-order valence-electron chi connectivity index (χ1n) is 8.79. The highest BCUT2D eigenvalue weighted by molar-refractivity contribution is 5.43. The van der Waals surface area contributed by atoms with Crippen molar-refractivity contribution in [2.24, 2.45) is 0 Å². The molecule has 130 valence electrons. The summed E-state index contributed by atoms with van der Waals surface area (Å²) in [4.78, 5) is 0. The lowest BCUT2D eigenvalue weighted by atomic mass is 10.1. The molecule has 24 heavy (non-hydrogen) atoms. The number of aryl methyl sites for hydroxylation is 1. The van der Waals surface area contributed by atoms with Crippen molar-refractivity contribution in [3.05, 3.63) is 59.2 Å². The molecule has 2 aromatic rings. The first kappa shape index (κ1) is 18.3. The number of unbranched alkanes of at least 4 members (excludes halogenated alkanes) is 2. The third-order valence-corrected chi connectivity index (χ3v) is 4.01. The van der Waals surface area contributed by atoms with E-state index in [1.165, 1.54) is 29.5 Å². The van der Waals surface area contributed by atoms with Crippen LogP contribution in [0.1, 0.15) is 42.9 Å². The van der Waals surface area contributed by atoms with Gasteiger partial charge in [0.05, 0.1) is 13.7 Å². The summed E-state index contributed by atoms with van der Waals surface area (Å²) in [6.45, 7) is 6.71. The zero-order valence-electron chi connectivity index (χ0n) is 15.1. The van der Waals surface area contributed by atoms with Crippen LogP contribution in [-0.2, 0) is 13.1 Å². The van der Waals surface area contributed by atoms with E-state index in [2.05, 4.69) is 55.6 Å². The van der Waals surface area contributed by atoms with Crippen LogP contribution in [0.3, 0.4) is 0 Å². The summed E-state index contributed by atoms with van der Waals surface area (Å²) in [5.41, 5.74) is 3.78. The predicted molar refractivity (Wildman–Crippen MR) is 99.7 cm³/mol. The van der Waals surface area contributed by atoms with Crippen LogP contribution in [0.5, 0.6) is 11.5 Å². The molecule has 0 aliphatic carbocycles. The Hall–Kier alpha value is -2.00. The van der Waals surface area contributed by atoms with Gasteiger partial charge in [0, 0.05) is 13.1 Å². The van der Waals surface area contributed by atoms with E-state index < -0.39 is 0 Å². The number of hydrogen-bond donors (Lipinski definition) is 1. The van der Waals surface area contributed by atoms with Gasteiger partial charge in [-0.25, -0.2) is 0 Å². The van der Waals surface area contributed by atoms with Crippen LogP contribution in [0.2, 0.25) is 0 Å². The van der Waals surface area contributed by atoms with Crippen molar-refractivity contribution < 1.29 is 9.47 Å². The highest BCUT2D eigenvalue weighted by atomic mass is 16.5. The topological polar surface area (TPSA) is 30.5 Å². The van der Waals surface area contributed by atoms with E-state index in [9.17, 15) is 0 Å². The second-order valence-electron chi connectivity index (χ2n) is 6.13. The van der Waals surface area contributed by atoms with Gasteiger partial charge in [-0.3, -0.25) is 0 Å². The van der Waals surface area contributed by atoms with Crippen LogP contribution in [0.25, 0.3) is 0 Å². The molecule has 0 bridgehead atoms. The first-order chi connectivity index (χ1) is 11.7. The van der Waals surface area contributed by atoms with Gasteiger partial charge in [0.25, 0.3) is 0 Å². The minimum Gasteiger partial charge on any atom is -0.493 e. The van der Waals surface area contributed by atoms with Crippen molar-refractivity contribution in [2.75, 3.05) is 13.7 Å².